The average Bonchev–Trinajstić information content (AvgIpc) is 0.923. The Morgan fingerprint density at radius 2 is 0.510 bits per heavy atom. The number of rotatable bonds is 72. The first kappa shape index (κ1) is 96.9. The molecule has 19 heteroatoms. The molecule has 0 saturated carbocycles. The van der Waals surface area contributed by atoms with E-state index in [1.54, 1.807) is 0 Å². The van der Waals surface area contributed by atoms with Crippen LogP contribution in [0.2, 0.25) is 0 Å². The molecule has 0 rings (SSSR count). The Balaban J connectivity index is 5.44. The SMILES string of the molecule is CC/C=C\C/C=C\C/C=C\C/C=C\CCCCCCC(=O)OCC(COP(=O)(O)OCC(O)COP(=O)(O)OCC(COC(=O)CCCC/C=C\C/C=C\C/C=C\C/C=C\CC)OC(=O)CCCCCCC/C=C\CCCCCCCC)OC(=O)CCCCCCC/C=C\C/C=C\C/C=C\CC. The fourth-order valence-electron chi connectivity index (χ4n) is 9.92. The number of aliphatic hydroxyl groups is 1. The summed E-state index contributed by atoms with van der Waals surface area (Å²) in [6, 6.07) is 0. The van der Waals surface area contributed by atoms with E-state index in [2.05, 4.69) is 174 Å². The van der Waals surface area contributed by atoms with Crippen molar-refractivity contribution >= 4 is 39.5 Å². The van der Waals surface area contributed by atoms with E-state index >= 15 is 0 Å². The lowest BCUT2D eigenvalue weighted by Gasteiger charge is -2.21. The maximum absolute atomic E-state index is 13.1. The molecule has 0 heterocycles. The Morgan fingerprint density at radius 1 is 0.284 bits per heavy atom. The molecule has 0 saturated heterocycles. The van der Waals surface area contributed by atoms with Crippen molar-refractivity contribution in [1.29, 1.82) is 0 Å². The van der Waals surface area contributed by atoms with Crippen molar-refractivity contribution in [3.05, 3.63) is 146 Å². The summed E-state index contributed by atoms with van der Waals surface area (Å²) in [7, 11) is -9.99. The zero-order chi connectivity index (χ0) is 74.6. The van der Waals surface area contributed by atoms with Gasteiger partial charge in [-0.05, 0) is 161 Å². The van der Waals surface area contributed by atoms with Crippen molar-refractivity contribution in [2.24, 2.45) is 0 Å². The third-order valence-corrected chi connectivity index (χ3v) is 17.7. The number of hydrogen-bond donors (Lipinski definition) is 3. The van der Waals surface area contributed by atoms with E-state index in [9.17, 15) is 43.2 Å². The highest BCUT2D eigenvalue weighted by Gasteiger charge is 2.30. The van der Waals surface area contributed by atoms with Crippen LogP contribution in [0.5, 0.6) is 0 Å². The van der Waals surface area contributed by atoms with E-state index in [4.69, 9.17) is 37.0 Å². The highest BCUT2D eigenvalue weighted by Crippen LogP contribution is 2.45. The minimum atomic E-state index is -4.99. The molecule has 0 radical (unpaired) electrons. The third kappa shape index (κ3) is 73.3. The summed E-state index contributed by atoms with van der Waals surface area (Å²) >= 11 is 0. The number of carbonyl (C=O) groups is 4. The van der Waals surface area contributed by atoms with E-state index < -0.39 is 97.5 Å². The van der Waals surface area contributed by atoms with Gasteiger partial charge in [-0.15, -0.1) is 0 Å². The molecule has 0 aromatic rings. The van der Waals surface area contributed by atoms with Crippen molar-refractivity contribution < 1.29 is 80.2 Å². The van der Waals surface area contributed by atoms with Crippen molar-refractivity contribution in [3.63, 3.8) is 0 Å². The molecule has 0 aliphatic heterocycles. The molecule has 0 aromatic heterocycles. The van der Waals surface area contributed by atoms with Crippen LogP contribution in [-0.4, -0.2) is 96.7 Å². The molecule has 582 valence electrons. The first-order chi connectivity index (χ1) is 49.7. The molecule has 102 heavy (non-hydrogen) atoms. The van der Waals surface area contributed by atoms with E-state index in [1.807, 2.05) is 0 Å². The smallest absolute Gasteiger partial charge is 0.462 e. The Hall–Kier alpha value is -5.06. The van der Waals surface area contributed by atoms with E-state index in [0.29, 0.717) is 25.7 Å². The predicted octanol–water partition coefficient (Wildman–Crippen LogP) is 22.7. The summed E-state index contributed by atoms with van der Waals surface area (Å²) in [6.07, 6.45) is 84.0. The standard InChI is InChI=1S/C83H138O17P2/c1-5-9-13-17-21-25-29-33-37-38-42-44-48-52-56-60-64-68-81(86)94-74-79(100-83(88)70-66-62-58-54-50-46-41-36-32-28-24-20-16-12-8-4)76-98-102(91,92)96-72-77(84)71-95-101(89,90)97-75-78(99-82(87)69-65-61-57-53-49-45-40-35-31-27-23-19-15-11-7-3)73-93-80(85)67-63-59-55-51-47-43-39-34-30-26-22-18-14-10-6-2/h9-10,12-14,16,21-22,24-26,28,33-37,39-42,44,47,51,77-79,84H,5-8,11,15,17-20,23,27,29-32,38,43,45-46,48-50,52-76H2,1-4H3,(H,89,90)(H,91,92)/b13-9-,14-10-,16-12-,25-21-,26-22-,28-24-,37-33-,39-34-,40-35-,41-36-,44-42-,51-47-. The summed E-state index contributed by atoms with van der Waals surface area (Å²) < 4.78 is 68.5. The molecule has 0 bridgehead atoms. The van der Waals surface area contributed by atoms with Gasteiger partial charge in [-0.1, -0.05) is 257 Å². The number of phosphoric ester groups is 2. The van der Waals surface area contributed by atoms with Crippen molar-refractivity contribution in [2.75, 3.05) is 39.6 Å². The van der Waals surface area contributed by atoms with Crippen molar-refractivity contribution in [1.82, 2.24) is 0 Å². The summed E-state index contributed by atoms with van der Waals surface area (Å²) in [5.74, 6) is -2.28. The topological polar surface area (TPSA) is 237 Å². The quantitative estimate of drug-likeness (QED) is 0.0169. The second-order valence-electron chi connectivity index (χ2n) is 25.5. The van der Waals surface area contributed by atoms with Crippen molar-refractivity contribution in [3.8, 4) is 0 Å². The second-order valence-corrected chi connectivity index (χ2v) is 28.4. The molecule has 5 unspecified atom stereocenters. The fourth-order valence-corrected chi connectivity index (χ4v) is 11.5. The normalized spacial score (nSPS) is 14.7. The molecule has 3 N–H and O–H groups in total. The van der Waals surface area contributed by atoms with Gasteiger partial charge in [-0.25, -0.2) is 9.13 Å². The van der Waals surface area contributed by atoms with Gasteiger partial charge < -0.3 is 33.8 Å². The molecular formula is C83H138O17P2. The van der Waals surface area contributed by atoms with Gasteiger partial charge in [-0.3, -0.25) is 37.3 Å². The Kier molecular flexibility index (Phi) is 70.5. The van der Waals surface area contributed by atoms with Crippen LogP contribution in [0.3, 0.4) is 0 Å². The number of ether oxygens (including phenoxy) is 4. The monoisotopic (exact) mass is 1470 g/mol. The van der Waals surface area contributed by atoms with Crippen molar-refractivity contribution in [2.45, 2.75) is 316 Å². The highest BCUT2D eigenvalue weighted by atomic mass is 31.2. The number of unbranched alkanes of at least 4 members (excludes halogenated alkanes) is 22. The molecular weight excluding hydrogens is 1330 g/mol. The van der Waals surface area contributed by atoms with Crippen LogP contribution in [0, 0.1) is 0 Å². The maximum atomic E-state index is 13.1. The summed E-state index contributed by atoms with van der Waals surface area (Å²) in [6.45, 7) is 4.42. The van der Waals surface area contributed by atoms with E-state index in [1.165, 1.54) is 38.5 Å². The van der Waals surface area contributed by atoms with Gasteiger partial charge in [0, 0.05) is 25.7 Å². The van der Waals surface area contributed by atoms with Gasteiger partial charge in [0.2, 0.25) is 0 Å². The molecule has 0 spiro atoms. The van der Waals surface area contributed by atoms with Gasteiger partial charge in [-0.2, -0.15) is 0 Å². The number of phosphoric acid groups is 2. The number of aliphatic hydroxyl groups excluding tert-OH is 1. The van der Waals surface area contributed by atoms with Gasteiger partial charge in [0.05, 0.1) is 26.4 Å². The number of hydrogen-bond acceptors (Lipinski definition) is 15. The number of carbonyl (C=O) groups excluding carboxylic acids is 4. The fraction of sp³-hybridized carbons (Fsp3) is 0.663. The molecule has 0 aliphatic carbocycles. The predicted molar refractivity (Wildman–Crippen MR) is 417 cm³/mol. The lowest BCUT2D eigenvalue weighted by atomic mass is 10.1. The average molecular weight is 1470 g/mol. The molecule has 0 amide bonds. The Morgan fingerprint density at radius 3 is 0.814 bits per heavy atom. The van der Waals surface area contributed by atoms with Crippen LogP contribution in [0.4, 0.5) is 0 Å². The minimum Gasteiger partial charge on any atom is -0.462 e. The first-order valence-electron chi connectivity index (χ1n) is 39.1. The number of allylic oxidation sites excluding steroid dienone is 24. The lowest BCUT2D eigenvalue weighted by Crippen LogP contribution is -2.30. The summed E-state index contributed by atoms with van der Waals surface area (Å²) in [4.78, 5) is 73.0. The van der Waals surface area contributed by atoms with Crippen LogP contribution in [0.1, 0.15) is 297 Å². The van der Waals surface area contributed by atoms with Crippen LogP contribution in [-0.2, 0) is 65.4 Å². The second kappa shape index (κ2) is 74.2. The van der Waals surface area contributed by atoms with Crippen LogP contribution in [0.15, 0.2) is 146 Å². The molecule has 0 aromatic carbocycles. The molecule has 0 fully saturated rings. The Bertz CT molecular complexity index is 2510. The third-order valence-electron chi connectivity index (χ3n) is 15.8. The largest absolute Gasteiger partial charge is 0.472 e. The Labute approximate surface area is 617 Å². The van der Waals surface area contributed by atoms with E-state index in [-0.39, 0.29) is 25.7 Å². The summed E-state index contributed by atoms with van der Waals surface area (Å²) in [5, 5.41) is 10.6. The molecule has 0 aliphatic rings. The first-order valence-corrected chi connectivity index (χ1v) is 42.1. The summed E-state index contributed by atoms with van der Waals surface area (Å²) in [5.41, 5.74) is 0. The zero-order valence-electron chi connectivity index (χ0n) is 63.5. The number of esters is 4. The highest BCUT2D eigenvalue weighted by molar-refractivity contribution is 7.47. The van der Waals surface area contributed by atoms with Gasteiger partial charge in [0.15, 0.2) is 12.2 Å². The van der Waals surface area contributed by atoms with Crippen LogP contribution >= 0.6 is 15.6 Å². The van der Waals surface area contributed by atoms with Crippen LogP contribution in [0.25, 0.3) is 0 Å². The van der Waals surface area contributed by atoms with Gasteiger partial charge in [0.1, 0.15) is 19.3 Å². The lowest BCUT2D eigenvalue weighted by molar-refractivity contribution is -0.161. The van der Waals surface area contributed by atoms with Gasteiger partial charge >= 0.3 is 39.5 Å². The minimum absolute atomic E-state index is 0.0645. The van der Waals surface area contributed by atoms with E-state index in [0.717, 1.165) is 180 Å². The van der Waals surface area contributed by atoms with Crippen LogP contribution < -0.4 is 0 Å². The van der Waals surface area contributed by atoms with Gasteiger partial charge in [0.25, 0.3) is 0 Å². The molecule has 5 atom stereocenters. The maximum Gasteiger partial charge on any atom is 0.472 e. The zero-order valence-corrected chi connectivity index (χ0v) is 65.3. The molecule has 17 nitrogen and oxygen atoms in total.